The second kappa shape index (κ2) is 7.96. The lowest BCUT2D eigenvalue weighted by Gasteiger charge is -2.31. The first-order valence-corrected chi connectivity index (χ1v) is 6.70. The summed E-state index contributed by atoms with van der Waals surface area (Å²) in [6.07, 6.45) is 0. The molecule has 0 spiro atoms. The zero-order chi connectivity index (χ0) is 14.3. The monoisotopic (exact) mass is 271 g/mol. The molecule has 1 aliphatic heterocycles. The van der Waals surface area contributed by atoms with E-state index in [1.54, 1.807) is 14.1 Å². The van der Waals surface area contributed by atoms with E-state index in [1.165, 1.54) is 4.90 Å². The van der Waals surface area contributed by atoms with E-state index in [9.17, 15) is 9.59 Å². The molecule has 1 saturated heterocycles. The predicted octanol–water partition coefficient (Wildman–Crippen LogP) is -1.33. The van der Waals surface area contributed by atoms with Crippen molar-refractivity contribution in [1.82, 2.24) is 25.8 Å². The van der Waals surface area contributed by atoms with Crippen LogP contribution in [0.2, 0.25) is 0 Å². The summed E-state index contributed by atoms with van der Waals surface area (Å²) in [4.78, 5) is 26.8. The number of urea groups is 1. The molecule has 19 heavy (non-hydrogen) atoms. The van der Waals surface area contributed by atoms with Crippen molar-refractivity contribution in [1.29, 1.82) is 0 Å². The van der Waals surface area contributed by atoms with Gasteiger partial charge in [-0.15, -0.1) is 0 Å². The van der Waals surface area contributed by atoms with Crippen LogP contribution < -0.4 is 16.0 Å². The number of hydrogen-bond donors (Lipinski definition) is 3. The molecular formula is C12H25N5O2. The molecule has 1 unspecified atom stereocenters. The molecule has 1 rings (SSSR count). The summed E-state index contributed by atoms with van der Waals surface area (Å²) in [5, 5.41) is 8.80. The van der Waals surface area contributed by atoms with Gasteiger partial charge < -0.3 is 20.9 Å². The van der Waals surface area contributed by atoms with Crippen LogP contribution >= 0.6 is 0 Å². The van der Waals surface area contributed by atoms with Crippen molar-refractivity contribution in [3.8, 4) is 0 Å². The van der Waals surface area contributed by atoms with Crippen molar-refractivity contribution in [3.05, 3.63) is 0 Å². The molecule has 1 fully saturated rings. The fourth-order valence-electron chi connectivity index (χ4n) is 1.90. The Balaban J connectivity index is 2.17. The van der Waals surface area contributed by atoms with Crippen molar-refractivity contribution >= 4 is 11.9 Å². The number of amides is 3. The van der Waals surface area contributed by atoms with Gasteiger partial charge in [0.1, 0.15) is 0 Å². The Morgan fingerprint density at radius 3 is 2.37 bits per heavy atom. The van der Waals surface area contributed by atoms with Crippen LogP contribution in [0.5, 0.6) is 0 Å². The quantitative estimate of drug-likeness (QED) is 0.541. The van der Waals surface area contributed by atoms with Crippen LogP contribution in [0, 0.1) is 0 Å². The number of piperazine rings is 1. The van der Waals surface area contributed by atoms with E-state index < -0.39 is 0 Å². The van der Waals surface area contributed by atoms with Crippen molar-refractivity contribution in [2.75, 3.05) is 53.4 Å². The van der Waals surface area contributed by atoms with Crippen LogP contribution in [-0.2, 0) is 4.79 Å². The number of nitrogens with one attached hydrogen (secondary N) is 3. The molecule has 0 bridgehead atoms. The highest BCUT2D eigenvalue weighted by Gasteiger charge is 2.22. The van der Waals surface area contributed by atoms with Gasteiger partial charge in [0.15, 0.2) is 0 Å². The second-order valence-corrected chi connectivity index (χ2v) is 4.88. The van der Waals surface area contributed by atoms with Crippen LogP contribution in [0.4, 0.5) is 4.79 Å². The fourth-order valence-corrected chi connectivity index (χ4v) is 1.90. The Labute approximate surface area is 114 Å². The minimum atomic E-state index is -0.149. The summed E-state index contributed by atoms with van der Waals surface area (Å²) in [5.41, 5.74) is 0. The van der Waals surface area contributed by atoms with Gasteiger partial charge in [0, 0.05) is 53.4 Å². The van der Waals surface area contributed by atoms with Gasteiger partial charge in [0.05, 0.1) is 6.04 Å². The van der Waals surface area contributed by atoms with Crippen LogP contribution in [0.1, 0.15) is 6.92 Å². The van der Waals surface area contributed by atoms with E-state index in [2.05, 4.69) is 20.9 Å². The second-order valence-electron chi connectivity index (χ2n) is 4.88. The minimum absolute atomic E-state index is 0.0148. The van der Waals surface area contributed by atoms with E-state index in [4.69, 9.17) is 0 Å². The Hall–Kier alpha value is -1.34. The van der Waals surface area contributed by atoms with Crippen LogP contribution in [0.25, 0.3) is 0 Å². The van der Waals surface area contributed by atoms with Crippen molar-refractivity contribution in [2.24, 2.45) is 0 Å². The molecule has 7 heteroatoms. The summed E-state index contributed by atoms with van der Waals surface area (Å²) in [6.45, 7) is 6.45. The maximum Gasteiger partial charge on any atom is 0.316 e. The maximum atomic E-state index is 11.9. The lowest BCUT2D eigenvalue weighted by atomic mass is 10.2. The standard InChI is InChI=1S/C12H25N5O2/c1-10(17-8-6-13-7-9-17)11(18)14-4-5-15-12(19)16(2)3/h10,13H,4-9H2,1-3H3,(H,14,18)(H,15,19). The molecule has 110 valence electrons. The topological polar surface area (TPSA) is 76.7 Å². The Bertz CT molecular complexity index is 302. The number of carbonyl (C=O) groups is 2. The smallest absolute Gasteiger partial charge is 0.316 e. The molecule has 0 aliphatic carbocycles. The highest BCUT2D eigenvalue weighted by atomic mass is 16.2. The molecule has 0 saturated carbocycles. The normalized spacial score (nSPS) is 17.6. The van der Waals surface area contributed by atoms with E-state index in [-0.39, 0.29) is 18.0 Å². The molecule has 3 N–H and O–H groups in total. The van der Waals surface area contributed by atoms with E-state index in [0.29, 0.717) is 13.1 Å². The Kier molecular flexibility index (Phi) is 6.58. The third kappa shape index (κ3) is 5.44. The largest absolute Gasteiger partial charge is 0.353 e. The number of rotatable bonds is 5. The van der Waals surface area contributed by atoms with E-state index >= 15 is 0 Å². The SMILES string of the molecule is CC(C(=O)NCCNC(=O)N(C)C)N1CCNCC1. The maximum absolute atomic E-state index is 11.9. The van der Waals surface area contributed by atoms with Gasteiger partial charge in [-0.25, -0.2) is 4.79 Å². The zero-order valence-corrected chi connectivity index (χ0v) is 12.0. The van der Waals surface area contributed by atoms with E-state index in [1.807, 2.05) is 6.92 Å². The summed E-state index contributed by atoms with van der Waals surface area (Å²) < 4.78 is 0. The van der Waals surface area contributed by atoms with Gasteiger partial charge in [0.25, 0.3) is 0 Å². The first-order valence-electron chi connectivity index (χ1n) is 6.70. The first-order chi connectivity index (χ1) is 9.02. The summed E-state index contributed by atoms with van der Waals surface area (Å²) in [6, 6.07) is -0.268. The fraction of sp³-hybridized carbons (Fsp3) is 0.833. The average molecular weight is 271 g/mol. The molecule has 1 heterocycles. The Morgan fingerprint density at radius 1 is 1.21 bits per heavy atom. The molecule has 0 radical (unpaired) electrons. The summed E-state index contributed by atoms with van der Waals surface area (Å²) in [7, 11) is 3.36. The number of hydrogen-bond acceptors (Lipinski definition) is 4. The van der Waals surface area contributed by atoms with Gasteiger partial charge in [-0.1, -0.05) is 0 Å². The minimum Gasteiger partial charge on any atom is -0.353 e. The molecule has 0 aromatic heterocycles. The lowest BCUT2D eigenvalue weighted by molar-refractivity contribution is -0.126. The van der Waals surface area contributed by atoms with Crippen LogP contribution in [-0.4, -0.2) is 81.1 Å². The summed E-state index contributed by atoms with van der Waals surface area (Å²) >= 11 is 0. The van der Waals surface area contributed by atoms with Gasteiger partial charge in [0.2, 0.25) is 5.91 Å². The van der Waals surface area contributed by atoms with Crippen LogP contribution in [0.15, 0.2) is 0 Å². The van der Waals surface area contributed by atoms with Gasteiger partial charge in [-0.05, 0) is 6.92 Å². The van der Waals surface area contributed by atoms with Gasteiger partial charge in [-0.2, -0.15) is 0 Å². The average Bonchev–Trinajstić information content (AvgIpc) is 2.43. The molecule has 0 aromatic rings. The van der Waals surface area contributed by atoms with Crippen molar-refractivity contribution < 1.29 is 9.59 Å². The molecule has 0 aromatic carbocycles. The van der Waals surface area contributed by atoms with E-state index in [0.717, 1.165) is 26.2 Å². The number of carbonyl (C=O) groups excluding carboxylic acids is 2. The van der Waals surface area contributed by atoms with Gasteiger partial charge >= 0.3 is 6.03 Å². The highest BCUT2D eigenvalue weighted by Crippen LogP contribution is 2.00. The Morgan fingerprint density at radius 2 is 1.79 bits per heavy atom. The molecule has 1 atom stereocenters. The zero-order valence-electron chi connectivity index (χ0n) is 12.0. The first kappa shape index (κ1) is 15.7. The third-order valence-corrected chi connectivity index (χ3v) is 3.19. The summed E-state index contributed by atoms with van der Waals surface area (Å²) in [5.74, 6) is 0.0148. The molecule has 1 aliphatic rings. The molecular weight excluding hydrogens is 246 g/mol. The van der Waals surface area contributed by atoms with Crippen LogP contribution in [0.3, 0.4) is 0 Å². The molecule has 3 amide bonds. The van der Waals surface area contributed by atoms with Gasteiger partial charge in [-0.3, -0.25) is 9.69 Å². The van der Waals surface area contributed by atoms with Crippen molar-refractivity contribution in [3.63, 3.8) is 0 Å². The lowest BCUT2D eigenvalue weighted by Crippen LogP contribution is -2.53. The molecule has 7 nitrogen and oxygen atoms in total. The predicted molar refractivity (Wildman–Crippen MR) is 74.0 cm³/mol. The highest BCUT2D eigenvalue weighted by molar-refractivity contribution is 5.81. The van der Waals surface area contributed by atoms with Crippen molar-refractivity contribution in [2.45, 2.75) is 13.0 Å². The third-order valence-electron chi connectivity index (χ3n) is 3.19. The number of nitrogens with zero attached hydrogens (tertiary/aromatic N) is 2.